The summed E-state index contributed by atoms with van der Waals surface area (Å²) < 4.78 is 4.43. The molecule has 0 saturated carbocycles. The third kappa shape index (κ3) is 4.38. The fourth-order valence-corrected chi connectivity index (χ4v) is 4.19. The maximum atomic E-state index is 11.2. The van der Waals surface area contributed by atoms with Crippen molar-refractivity contribution in [3.8, 4) is 0 Å². The van der Waals surface area contributed by atoms with E-state index in [1.165, 1.54) is 16.7 Å². The fourth-order valence-electron chi connectivity index (χ4n) is 4.19. The highest BCUT2D eigenvalue weighted by Crippen LogP contribution is 2.22. The number of carbonyl (C=O) groups is 4. The number of imide groups is 1. The van der Waals surface area contributed by atoms with Crippen molar-refractivity contribution in [1.29, 1.82) is 0 Å². The van der Waals surface area contributed by atoms with Crippen LogP contribution in [-0.2, 0) is 17.8 Å². The second-order valence-corrected chi connectivity index (χ2v) is 8.27. The summed E-state index contributed by atoms with van der Waals surface area (Å²) in [6.07, 6.45) is 0. The standard InChI is InChI=1S/C9H7NO2.C9H11N.C9H6O3/c1-5-3-2-4-6-7(5)9(12)10-8(6)11;1-7-3-2-4-8-5-10-6-9(7)8;1-5-3-2-4-6-7(5)9(11)12-8(6)10/h2-4H,1H3,(H,10,11,12);2-4,10H,5-6H2,1H3;2-4H,1H3. The molecule has 34 heavy (non-hydrogen) atoms. The van der Waals surface area contributed by atoms with E-state index < -0.39 is 11.9 Å². The summed E-state index contributed by atoms with van der Waals surface area (Å²) in [5.41, 5.74) is 7.80. The normalized spacial score (nSPS) is 14.7. The summed E-state index contributed by atoms with van der Waals surface area (Å²) in [6.45, 7) is 7.88. The molecule has 7 nitrogen and oxygen atoms in total. The van der Waals surface area contributed by atoms with Gasteiger partial charge in [-0.2, -0.15) is 0 Å². The molecule has 3 aromatic carbocycles. The highest BCUT2D eigenvalue weighted by molar-refractivity contribution is 6.22. The molecule has 6 rings (SSSR count). The van der Waals surface area contributed by atoms with Crippen molar-refractivity contribution >= 4 is 23.8 Å². The first kappa shape index (κ1) is 23.1. The Morgan fingerprint density at radius 1 is 0.647 bits per heavy atom. The van der Waals surface area contributed by atoms with Crippen LogP contribution in [0.4, 0.5) is 0 Å². The predicted molar refractivity (Wildman–Crippen MR) is 126 cm³/mol. The first-order chi connectivity index (χ1) is 16.3. The minimum atomic E-state index is -0.543. The van der Waals surface area contributed by atoms with E-state index in [-0.39, 0.29) is 11.8 Å². The van der Waals surface area contributed by atoms with Gasteiger partial charge in [0, 0.05) is 13.1 Å². The van der Waals surface area contributed by atoms with Crippen LogP contribution in [0.2, 0.25) is 0 Å². The van der Waals surface area contributed by atoms with Crippen LogP contribution in [0, 0.1) is 20.8 Å². The van der Waals surface area contributed by atoms with Crippen molar-refractivity contribution in [1.82, 2.24) is 10.6 Å². The molecule has 0 atom stereocenters. The number of rotatable bonds is 0. The van der Waals surface area contributed by atoms with Gasteiger partial charge in [-0.05, 0) is 60.7 Å². The van der Waals surface area contributed by atoms with E-state index in [2.05, 4.69) is 40.5 Å². The number of hydrogen-bond acceptors (Lipinski definition) is 6. The van der Waals surface area contributed by atoms with Crippen molar-refractivity contribution in [2.24, 2.45) is 0 Å². The number of cyclic esters (lactones) is 2. The van der Waals surface area contributed by atoms with Gasteiger partial charge in [0.1, 0.15) is 0 Å². The van der Waals surface area contributed by atoms with Crippen LogP contribution in [-0.4, -0.2) is 23.8 Å². The summed E-state index contributed by atoms with van der Waals surface area (Å²) in [6, 6.07) is 16.8. The molecule has 7 heteroatoms. The summed E-state index contributed by atoms with van der Waals surface area (Å²) in [5, 5.41) is 5.57. The van der Waals surface area contributed by atoms with Gasteiger partial charge < -0.3 is 10.1 Å². The number of esters is 2. The Kier molecular flexibility index (Phi) is 6.38. The molecule has 3 heterocycles. The molecule has 2 N–H and O–H groups in total. The van der Waals surface area contributed by atoms with E-state index >= 15 is 0 Å². The molecule has 3 aromatic rings. The van der Waals surface area contributed by atoms with Crippen LogP contribution >= 0.6 is 0 Å². The lowest BCUT2D eigenvalue weighted by molar-refractivity contribution is 0.0443. The molecule has 0 fully saturated rings. The van der Waals surface area contributed by atoms with Crippen LogP contribution in [0.3, 0.4) is 0 Å². The smallest absolute Gasteiger partial charge is 0.347 e. The van der Waals surface area contributed by atoms with Crippen molar-refractivity contribution < 1.29 is 23.9 Å². The number of amides is 2. The molecule has 0 bridgehead atoms. The molecular formula is C27H24N2O5. The average molecular weight is 456 g/mol. The Hall–Kier alpha value is -4.10. The minimum Gasteiger partial charge on any atom is -0.386 e. The number of hydrogen-bond donors (Lipinski definition) is 2. The second-order valence-electron chi connectivity index (χ2n) is 8.27. The van der Waals surface area contributed by atoms with Crippen LogP contribution in [0.1, 0.15) is 69.2 Å². The average Bonchev–Trinajstić information content (AvgIpc) is 3.48. The molecule has 172 valence electrons. The molecule has 3 aliphatic rings. The number of fused-ring (bicyclic) bond motifs is 3. The summed E-state index contributed by atoms with van der Waals surface area (Å²) >= 11 is 0. The van der Waals surface area contributed by atoms with Gasteiger partial charge in [-0.1, -0.05) is 42.5 Å². The number of nitrogens with one attached hydrogen (secondary N) is 2. The zero-order valence-corrected chi connectivity index (χ0v) is 19.2. The second kappa shape index (κ2) is 9.41. The SMILES string of the molecule is Cc1cccc2c1C(=O)NC2=O.Cc1cccc2c1C(=O)OC2=O.Cc1cccc2c1CNC2. The van der Waals surface area contributed by atoms with E-state index in [0.717, 1.165) is 24.2 Å². The zero-order chi connectivity index (χ0) is 24.4. The van der Waals surface area contributed by atoms with Gasteiger partial charge in [-0.25, -0.2) is 9.59 Å². The van der Waals surface area contributed by atoms with Gasteiger partial charge >= 0.3 is 11.9 Å². The Bertz CT molecular complexity index is 1270. The molecular weight excluding hydrogens is 432 g/mol. The number of aryl methyl sites for hydroxylation is 3. The topological polar surface area (TPSA) is 102 Å². The largest absolute Gasteiger partial charge is 0.386 e. The third-order valence-electron chi connectivity index (χ3n) is 5.98. The lowest BCUT2D eigenvalue weighted by Crippen LogP contribution is -2.20. The van der Waals surface area contributed by atoms with Crippen LogP contribution in [0.25, 0.3) is 0 Å². The lowest BCUT2D eigenvalue weighted by atomic mass is 10.0. The van der Waals surface area contributed by atoms with Crippen molar-refractivity contribution in [3.05, 3.63) is 105 Å². The van der Waals surface area contributed by atoms with Gasteiger partial charge in [-0.3, -0.25) is 14.9 Å². The first-order valence-electron chi connectivity index (χ1n) is 10.9. The summed E-state index contributed by atoms with van der Waals surface area (Å²) in [4.78, 5) is 44.3. The number of ether oxygens (including phenoxy) is 1. The van der Waals surface area contributed by atoms with Crippen LogP contribution in [0.15, 0.2) is 54.6 Å². The van der Waals surface area contributed by atoms with Gasteiger partial charge in [0.25, 0.3) is 11.8 Å². The summed E-state index contributed by atoms with van der Waals surface area (Å²) in [5.74, 6) is -1.65. The maximum Gasteiger partial charge on any atom is 0.347 e. The maximum absolute atomic E-state index is 11.2. The molecule has 2 amide bonds. The lowest BCUT2D eigenvalue weighted by Gasteiger charge is -1.99. The van der Waals surface area contributed by atoms with Crippen LogP contribution < -0.4 is 10.6 Å². The van der Waals surface area contributed by atoms with Gasteiger partial charge in [0.05, 0.1) is 22.3 Å². The number of benzene rings is 3. The van der Waals surface area contributed by atoms with Crippen molar-refractivity contribution in [2.75, 3.05) is 0 Å². The summed E-state index contributed by atoms with van der Waals surface area (Å²) in [7, 11) is 0. The molecule has 0 saturated heterocycles. The molecule has 3 aliphatic heterocycles. The van der Waals surface area contributed by atoms with Crippen molar-refractivity contribution in [2.45, 2.75) is 33.9 Å². The van der Waals surface area contributed by atoms with Gasteiger partial charge in [0.2, 0.25) is 0 Å². The zero-order valence-electron chi connectivity index (χ0n) is 19.2. The van der Waals surface area contributed by atoms with Crippen LogP contribution in [0.5, 0.6) is 0 Å². The highest BCUT2D eigenvalue weighted by atomic mass is 16.6. The quantitative estimate of drug-likeness (QED) is 0.303. The number of carbonyl (C=O) groups excluding carboxylic acids is 4. The van der Waals surface area contributed by atoms with E-state index in [4.69, 9.17) is 0 Å². The van der Waals surface area contributed by atoms with Gasteiger partial charge in [-0.15, -0.1) is 0 Å². The molecule has 0 unspecified atom stereocenters. The monoisotopic (exact) mass is 456 g/mol. The van der Waals surface area contributed by atoms with Gasteiger partial charge in [0.15, 0.2) is 0 Å². The van der Waals surface area contributed by atoms with E-state index in [0.29, 0.717) is 22.3 Å². The van der Waals surface area contributed by atoms with E-state index in [1.54, 1.807) is 37.3 Å². The Morgan fingerprint density at radius 2 is 1.26 bits per heavy atom. The molecule has 0 aromatic heterocycles. The third-order valence-corrected chi connectivity index (χ3v) is 5.98. The Morgan fingerprint density at radius 3 is 1.91 bits per heavy atom. The van der Waals surface area contributed by atoms with E-state index in [1.807, 2.05) is 13.0 Å². The van der Waals surface area contributed by atoms with Crippen molar-refractivity contribution in [3.63, 3.8) is 0 Å². The molecule has 0 aliphatic carbocycles. The predicted octanol–water partition coefficient (Wildman–Crippen LogP) is 3.78. The molecule has 0 spiro atoms. The Balaban J connectivity index is 0.000000121. The first-order valence-corrected chi connectivity index (χ1v) is 10.9. The fraction of sp³-hybridized carbons (Fsp3) is 0.185. The Labute approximate surface area is 197 Å². The highest BCUT2D eigenvalue weighted by Gasteiger charge is 2.30. The minimum absolute atomic E-state index is 0.284. The van der Waals surface area contributed by atoms with E-state index in [9.17, 15) is 19.2 Å². The molecule has 0 radical (unpaired) electrons.